The molecule has 1 aliphatic heterocycles. The summed E-state index contributed by atoms with van der Waals surface area (Å²) in [6.45, 7) is 6.53. The molecule has 0 bridgehead atoms. The van der Waals surface area contributed by atoms with E-state index in [9.17, 15) is 0 Å². The van der Waals surface area contributed by atoms with Crippen LogP contribution in [0.25, 0.3) is 0 Å². The van der Waals surface area contributed by atoms with Crippen LogP contribution in [0.15, 0.2) is 28.0 Å². The Morgan fingerprint density at radius 2 is 2.53 bits per heavy atom. The van der Waals surface area contributed by atoms with E-state index in [0.717, 1.165) is 37.8 Å². The van der Waals surface area contributed by atoms with Crippen molar-refractivity contribution in [1.82, 2.24) is 10.2 Å². The molecule has 0 radical (unpaired) electrons. The van der Waals surface area contributed by atoms with Crippen molar-refractivity contribution < 1.29 is 9.15 Å². The first kappa shape index (κ1) is 13.9. The van der Waals surface area contributed by atoms with Gasteiger partial charge in [-0.2, -0.15) is 0 Å². The molecule has 1 saturated heterocycles. The molecular weight excluding hydrogens is 242 g/mol. The van der Waals surface area contributed by atoms with Crippen LogP contribution < -0.4 is 5.32 Å². The minimum absolute atomic E-state index is 0.614. The van der Waals surface area contributed by atoms with Gasteiger partial charge in [0.2, 0.25) is 0 Å². The predicted molar refractivity (Wildman–Crippen MR) is 75.1 cm³/mol. The number of nitrogens with zero attached hydrogens (tertiary/aromatic N) is 2. The van der Waals surface area contributed by atoms with Crippen LogP contribution in [-0.4, -0.2) is 44.2 Å². The fraction of sp³-hybridized carbons (Fsp3) is 0.643. The summed E-state index contributed by atoms with van der Waals surface area (Å²) in [7, 11) is 1.76. The van der Waals surface area contributed by atoms with E-state index >= 15 is 0 Å². The minimum atomic E-state index is 0.614. The zero-order valence-electron chi connectivity index (χ0n) is 11.8. The summed E-state index contributed by atoms with van der Waals surface area (Å²) in [5.74, 6) is 1.60. The number of aliphatic imine (C=N–C) groups is 1. The molecule has 0 spiro atoms. The van der Waals surface area contributed by atoms with E-state index in [2.05, 4.69) is 22.1 Å². The van der Waals surface area contributed by atoms with Crippen LogP contribution in [-0.2, 0) is 11.3 Å². The third kappa shape index (κ3) is 3.99. The zero-order valence-corrected chi connectivity index (χ0v) is 11.8. The van der Waals surface area contributed by atoms with Gasteiger partial charge in [-0.15, -0.1) is 0 Å². The molecule has 1 aromatic heterocycles. The smallest absolute Gasteiger partial charge is 0.194 e. The van der Waals surface area contributed by atoms with Gasteiger partial charge in [-0.3, -0.25) is 0 Å². The van der Waals surface area contributed by atoms with Crippen molar-refractivity contribution >= 4 is 5.96 Å². The number of methoxy groups -OCH3 is 1. The summed E-state index contributed by atoms with van der Waals surface area (Å²) in [4.78, 5) is 6.98. The second-order valence-corrected chi connectivity index (χ2v) is 4.86. The molecule has 1 unspecified atom stereocenters. The van der Waals surface area contributed by atoms with Crippen molar-refractivity contribution in [2.75, 3.05) is 33.4 Å². The molecule has 1 aliphatic rings. The molecule has 5 nitrogen and oxygen atoms in total. The Morgan fingerprint density at radius 3 is 3.21 bits per heavy atom. The second-order valence-electron chi connectivity index (χ2n) is 4.86. The van der Waals surface area contributed by atoms with Crippen molar-refractivity contribution in [2.24, 2.45) is 10.9 Å². The van der Waals surface area contributed by atoms with Crippen molar-refractivity contribution in [2.45, 2.75) is 19.9 Å². The lowest BCUT2D eigenvalue weighted by Crippen LogP contribution is -2.40. The topological polar surface area (TPSA) is 50.0 Å². The fourth-order valence-electron chi connectivity index (χ4n) is 2.37. The first-order valence-electron chi connectivity index (χ1n) is 6.86. The van der Waals surface area contributed by atoms with Crippen LogP contribution in [0.2, 0.25) is 0 Å². The first-order valence-corrected chi connectivity index (χ1v) is 6.86. The molecule has 1 aromatic rings. The molecule has 5 heteroatoms. The van der Waals surface area contributed by atoms with E-state index in [-0.39, 0.29) is 0 Å². The Balaban J connectivity index is 1.93. The van der Waals surface area contributed by atoms with Gasteiger partial charge in [0.15, 0.2) is 5.96 Å². The molecular formula is C14H23N3O2. The van der Waals surface area contributed by atoms with Crippen LogP contribution in [0.4, 0.5) is 0 Å². The van der Waals surface area contributed by atoms with Crippen LogP contribution in [0, 0.1) is 5.92 Å². The average molecular weight is 265 g/mol. The van der Waals surface area contributed by atoms with E-state index in [4.69, 9.17) is 9.15 Å². The highest BCUT2D eigenvalue weighted by atomic mass is 16.5. The van der Waals surface area contributed by atoms with Crippen LogP contribution in [0.1, 0.15) is 18.9 Å². The molecule has 2 rings (SSSR count). The zero-order chi connectivity index (χ0) is 13.5. The average Bonchev–Trinajstić information content (AvgIpc) is 3.06. The molecule has 0 aromatic carbocycles. The number of ether oxygens (including phenoxy) is 1. The van der Waals surface area contributed by atoms with Crippen molar-refractivity contribution in [1.29, 1.82) is 0 Å². The van der Waals surface area contributed by atoms with Crippen molar-refractivity contribution in [3.63, 3.8) is 0 Å². The maximum absolute atomic E-state index is 5.23. The molecule has 106 valence electrons. The highest BCUT2D eigenvalue weighted by molar-refractivity contribution is 5.80. The molecule has 0 aliphatic carbocycles. The largest absolute Gasteiger partial charge is 0.472 e. The number of hydrogen-bond acceptors (Lipinski definition) is 3. The minimum Gasteiger partial charge on any atom is -0.472 e. The summed E-state index contributed by atoms with van der Waals surface area (Å²) in [6.07, 6.45) is 4.59. The lowest BCUT2D eigenvalue weighted by molar-refractivity contribution is 0.157. The summed E-state index contributed by atoms with van der Waals surface area (Å²) in [6, 6.07) is 1.95. The Bertz CT molecular complexity index is 389. The van der Waals surface area contributed by atoms with Gasteiger partial charge in [0.05, 0.1) is 25.7 Å². The molecule has 1 N–H and O–H groups in total. The number of hydrogen-bond donors (Lipinski definition) is 1. The Labute approximate surface area is 114 Å². The monoisotopic (exact) mass is 265 g/mol. The first-order chi connectivity index (χ1) is 9.33. The summed E-state index contributed by atoms with van der Waals surface area (Å²) in [5.41, 5.74) is 1.10. The van der Waals surface area contributed by atoms with Gasteiger partial charge in [0.25, 0.3) is 0 Å². The van der Waals surface area contributed by atoms with Crippen molar-refractivity contribution in [3.05, 3.63) is 24.2 Å². The predicted octanol–water partition coefficient (Wildman–Crippen LogP) is 1.71. The number of likely N-dealkylation sites (tertiary alicyclic amines) is 1. The molecule has 2 heterocycles. The standard InChI is InChI=1S/C14H23N3O2/c1-3-15-14(16-8-12-5-7-19-11-12)17-6-4-13(9-17)10-18-2/h5,7,11,13H,3-4,6,8-10H2,1-2H3,(H,15,16). The van der Waals surface area contributed by atoms with E-state index < -0.39 is 0 Å². The third-order valence-electron chi connectivity index (χ3n) is 3.31. The highest BCUT2D eigenvalue weighted by Crippen LogP contribution is 2.16. The molecule has 0 amide bonds. The van der Waals surface area contributed by atoms with Gasteiger partial charge in [-0.25, -0.2) is 4.99 Å². The lowest BCUT2D eigenvalue weighted by Gasteiger charge is -2.21. The van der Waals surface area contributed by atoms with Gasteiger partial charge < -0.3 is 19.4 Å². The van der Waals surface area contributed by atoms with E-state index in [0.29, 0.717) is 12.5 Å². The Hall–Kier alpha value is -1.49. The number of rotatable bonds is 5. The van der Waals surface area contributed by atoms with Crippen LogP contribution >= 0.6 is 0 Å². The highest BCUT2D eigenvalue weighted by Gasteiger charge is 2.24. The summed E-state index contributed by atoms with van der Waals surface area (Å²) in [5, 5.41) is 3.35. The van der Waals surface area contributed by atoms with Gasteiger partial charge in [0.1, 0.15) is 0 Å². The van der Waals surface area contributed by atoms with E-state index in [1.165, 1.54) is 6.42 Å². The molecule has 1 fully saturated rings. The van der Waals surface area contributed by atoms with Gasteiger partial charge in [-0.05, 0) is 19.4 Å². The van der Waals surface area contributed by atoms with Gasteiger partial charge >= 0.3 is 0 Å². The quantitative estimate of drug-likeness (QED) is 0.650. The van der Waals surface area contributed by atoms with Crippen molar-refractivity contribution in [3.8, 4) is 0 Å². The van der Waals surface area contributed by atoms with Gasteiger partial charge in [0, 0.05) is 38.2 Å². The Morgan fingerprint density at radius 1 is 1.63 bits per heavy atom. The normalized spacial score (nSPS) is 20.0. The van der Waals surface area contributed by atoms with Gasteiger partial charge in [-0.1, -0.05) is 0 Å². The lowest BCUT2D eigenvalue weighted by atomic mass is 10.1. The number of nitrogens with one attached hydrogen (secondary N) is 1. The Kier molecular flexibility index (Phi) is 5.27. The fourth-order valence-corrected chi connectivity index (χ4v) is 2.37. The second kappa shape index (κ2) is 7.19. The summed E-state index contributed by atoms with van der Waals surface area (Å²) < 4.78 is 10.3. The number of guanidine groups is 1. The SMILES string of the molecule is CCNC(=NCc1ccoc1)N1CCC(COC)C1. The van der Waals surface area contributed by atoms with E-state index in [1.807, 2.05) is 6.07 Å². The third-order valence-corrected chi connectivity index (χ3v) is 3.31. The van der Waals surface area contributed by atoms with Crippen LogP contribution in [0.3, 0.4) is 0 Å². The summed E-state index contributed by atoms with van der Waals surface area (Å²) >= 11 is 0. The van der Waals surface area contributed by atoms with Crippen LogP contribution in [0.5, 0.6) is 0 Å². The van der Waals surface area contributed by atoms with E-state index in [1.54, 1.807) is 19.6 Å². The number of furan rings is 1. The maximum Gasteiger partial charge on any atom is 0.194 e. The molecule has 19 heavy (non-hydrogen) atoms. The molecule has 1 atom stereocenters. The maximum atomic E-state index is 5.23. The molecule has 0 saturated carbocycles.